The van der Waals surface area contributed by atoms with Crippen LogP contribution in [0.4, 0.5) is 18.0 Å². The Labute approximate surface area is 163 Å². The second-order valence-electron chi connectivity index (χ2n) is 5.89. The molecule has 2 heterocycles. The summed E-state index contributed by atoms with van der Waals surface area (Å²) in [5, 5.41) is -0.445. The molecular formula is C14H11F3N6O6S. The minimum atomic E-state index is -4.92. The first-order valence-corrected chi connectivity index (χ1v) is 9.55. The van der Waals surface area contributed by atoms with E-state index in [-0.39, 0.29) is 4.68 Å². The molecule has 12 nitrogen and oxygen atoms in total. The van der Waals surface area contributed by atoms with Crippen molar-refractivity contribution in [2.75, 3.05) is 11.1 Å². The fourth-order valence-electron chi connectivity index (χ4n) is 2.53. The number of fused-ring (bicyclic) bond motifs is 1. The predicted octanol–water partition coefficient (Wildman–Crippen LogP) is -0.145. The lowest BCUT2D eigenvalue weighted by atomic mass is 10.1. The Morgan fingerprint density at radius 3 is 2.53 bits per heavy atom. The van der Waals surface area contributed by atoms with E-state index in [1.54, 1.807) is 4.83 Å². The number of benzene rings is 1. The number of primary amides is 1. The molecule has 0 fully saturated rings. The maximum atomic E-state index is 13.6. The van der Waals surface area contributed by atoms with E-state index in [9.17, 15) is 36.0 Å². The molecule has 16 heteroatoms. The number of carbonyl (C=O) groups excluding carboxylic acids is 1. The zero-order chi connectivity index (χ0) is 22.4. The van der Waals surface area contributed by atoms with Crippen molar-refractivity contribution in [1.82, 2.24) is 19.2 Å². The zero-order valence-corrected chi connectivity index (χ0v) is 15.5. The van der Waals surface area contributed by atoms with Crippen molar-refractivity contribution in [3.8, 4) is 11.6 Å². The summed E-state index contributed by atoms with van der Waals surface area (Å²) < 4.78 is 68.9. The highest BCUT2D eigenvalue weighted by Crippen LogP contribution is 2.35. The minimum Gasteiger partial charge on any atom is -0.390 e. The second kappa shape index (κ2) is 6.90. The summed E-state index contributed by atoms with van der Waals surface area (Å²) in [6.45, 7) is 0. The molecule has 30 heavy (non-hydrogen) atoms. The molecule has 0 bridgehead atoms. The third kappa shape index (κ3) is 4.12. The molecule has 3 aromatic rings. The molecule has 0 aliphatic heterocycles. The Morgan fingerprint density at radius 1 is 1.30 bits per heavy atom. The van der Waals surface area contributed by atoms with Crippen molar-refractivity contribution in [1.29, 1.82) is 0 Å². The van der Waals surface area contributed by atoms with Gasteiger partial charge in [-0.15, -0.1) is 0 Å². The summed E-state index contributed by atoms with van der Waals surface area (Å²) in [6.07, 6.45) is -3.72. The molecule has 1 aromatic carbocycles. The van der Waals surface area contributed by atoms with Crippen LogP contribution in [0.1, 0.15) is 5.56 Å². The van der Waals surface area contributed by atoms with Crippen molar-refractivity contribution in [3.63, 3.8) is 0 Å². The van der Waals surface area contributed by atoms with Crippen molar-refractivity contribution in [2.24, 2.45) is 5.73 Å². The molecule has 0 unspecified atom stereocenters. The van der Waals surface area contributed by atoms with E-state index in [2.05, 4.69) is 9.72 Å². The highest BCUT2D eigenvalue weighted by molar-refractivity contribution is 7.91. The molecule has 3 rings (SSSR count). The van der Waals surface area contributed by atoms with E-state index in [0.717, 1.165) is 23.2 Å². The maximum Gasteiger partial charge on any atom is 0.418 e. The number of nitrogens with zero attached hydrogens (tertiary/aromatic N) is 3. The largest absolute Gasteiger partial charge is 0.418 e. The quantitative estimate of drug-likeness (QED) is 0.498. The van der Waals surface area contributed by atoms with Gasteiger partial charge in [0, 0.05) is 0 Å². The third-order valence-electron chi connectivity index (χ3n) is 3.62. The molecule has 0 radical (unpaired) electrons. The maximum absolute atomic E-state index is 13.6. The summed E-state index contributed by atoms with van der Waals surface area (Å²) >= 11 is 0. The molecule has 0 aliphatic rings. The van der Waals surface area contributed by atoms with Crippen molar-refractivity contribution >= 4 is 27.0 Å². The highest BCUT2D eigenvalue weighted by Gasteiger charge is 2.35. The summed E-state index contributed by atoms with van der Waals surface area (Å²) in [7, 11) is -4.06. The average molecular weight is 448 g/mol. The fourth-order valence-corrected chi connectivity index (χ4v) is 3.03. The van der Waals surface area contributed by atoms with Crippen LogP contribution in [-0.4, -0.2) is 40.0 Å². The Balaban J connectivity index is 2.32. The van der Waals surface area contributed by atoms with Crippen LogP contribution in [0.5, 0.6) is 5.88 Å². The number of hydrogen-bond acceptors (Lipinski definition) is 7. The number of carbonyl (C=O) groups is 1. The number of sulfonamides is 1. The molecule has 0 saturated heterocycles. The first kappa shape index (κ1) is 20.9. The molecule has 0 aliphatic carbocycles. The van der Waals surface area contributed by atoms with E-state index in [1.165, 1.54) is 0 Å². The van der Waals surface area contributed by atoms with E-state index < -0.39 is 61.6 Å². The van der Waals surface area contributed by atoms with Gasteiger partial charge in [-0.25, -0.2) is 27.8 Å². The number of halogens is 3. The molecular weight excluding hydrogens is 437 g/mol. The first-order chi connectivity index (χ1) is 13.8. The van der Waals surface area contributed by atoms with Gasteiger partial charge in [0.15, 0.2) is 0 Å². The van der Waals surface area contributed by atoms with Crippen LogP contribution in [0.25, 0.3) is 16.6 Å². The third-order valence-corrected chi connectivity index (χ3v) is 4.13. The molecule has 2 aromatic heterocycles. The standard InChI is InChI=1S/C14H11F3N6O6S/c1-30(27,28)21-23-11(24)6-2-9(22-4-10(19-5-22)29-12(18)25)7(14(15,16)17)3-8(6)20-13(23)26/h2-5,21H,1H3,(H2,18,25)(H,20,26). The smallest absolute Gasteiger partial charge is 0.390 e. The Hall–Kier alpha value is -3.82. The van der Waals surface area contributed by atoms with Gasteiger partial charge < -0.3 is 20.0 Å². The van der Waals surface area contributed by atoms with Gasteiger partial charge in [0.05, 0.1) is 34.6 Å². The van der Waals surface area contributed by atoms with Crippen LogP contribution in [-0.2, 0) is 16.2 Å². The van der Waals surface area contributed by atoms with Crippen LogP contribution >= 0.6 is 0 Å². The molecule has 0 saturated carbocycles. The summed E-state index contributed by atoms with van der Waals surface area (Å²) in [5.41, 5.74) is -0.0508. The SMILES string of the molecule is CS(=O)(=O)Nn1c(=O)[nH]c2cc(C(F)(F)F)c(-n3cnc(OC(N)=O)c3)cc2c1=O. The lowest BCUT2D eigenvalue weighted by Crippen LogP contribution is -2.43. The highest BCUT2D eigenvalue weighted by atomic mass is 32.2. The zero-order valence-electron chi connectivity index (χ0n) is 14.7. The van der Waals surface area contributed by atoms with Gasteiger partial charge in [0.1, 0.15) is 6.33 Å². The molecule has 160 valence electrons. The number of H-pyrrole nitrogens is 1. The fraction of sp³-hybridized carbons (Fsp3) is 0.143. The van der Waals surface area contributed by atoms with Crippen molar-refractivity contribution in [2.45, 2.75) is 6.18 Å². The monoisotopic (exact) mass is 448 g/mol. The van der Waals surface area contributed by atoms with Gasteiger partial charge in [-0.3, -0.25) is 4.79 Å². The van der Waals surface area contributed by atoms with Gasteiger partial charge in [-0.1, -0.05) is 0 Å². The molecule has 0 atom stereocenters. The number of rotatable bonds is 4. The van der Waals surface area contributed by atoms with Crippen LogP contribution < -0.4 is 26.6 Å². The number of imidazole rings is 1. The van der Waals surface area contributed by atoms with Crippen LogP contribution in [0.15, 0.2) is 34.2 Å². The van der Waals surface area contributed by atoms with Gasteiger partial charge in [0.2, 0.25) is 15.9 Å². The normalized spacial score (nSPS) is 12.1. The molecule has 4 N–H and O–H groups in total. The number of alkyl halides is 3. The van der Waals surface area contributed by atoms with Gasteiger partial charge in [0.25, 0.3) is 5.56 Å². The lowest BCUT2D eigenvalue weighted by Gasteiger charge is -2.15. The minimum absolute atomic E-state index is 0.101. The van der Waals surface area contributed by atoms with E-state index in [1.807, 2.05) is 4.98 Å². The lowest BCUT2D eigenvalue weighted by molar-refractivity contribution is -0.137. The van der Waals surface area contributed by atoms with Crippen LogP contribution in [0.3, 0.4) is 0 Å². The number of nitrogens with two attached hydrogens (primary N) is 1. The number of aromatic amines is 1. The molecule has 1 amide bonds. The van der Waals surface area contributed by atoms with Crippen molar-refractivity contribution < 1.29 is 31.1 Å². The topological polar surface area (TPSA) is 171 Å². The summed E-state index contributed by atoms with van der Waals surface area (Å²) in [6, 6.07) is 1.28. The predicted molar refractivity (Wildman–Crippen MR) is 95.4 cm³/mol. The van der Waals surface area contributed by atoms with E-state index in [0.29, 0.717) is 12.3 Å². The Kier molecular flexibility index (Phi) is 4.81. The number of ether oxygens (including phenoxy) is 1. The number of aromatic nitrogens is 4. The van der Waals surface area contributed by atoms with Crippen LogP contribution in [0, 0.1) is 0 Å². The summed E-state index contributed by atoms with van der Waals surface area (Å²) in [4.78, 5) is 42.6. The number of hydrogen-bond donors (Lipinski definition) is 3. The average Bonchev–Trinajstić information content (AvgIpc) is 3.03. The van der Waals surface area contributed by atoms with Gasteiger partial charge in [-0.05, 0) is 12.1 Å². The summed E-state index contributed by atoms with van der Waals surface area (Å²) in [5.74, 6) is -0.409. The van der Waals surface area contributed by atoms with E-state index >= 15 is 0 Å². The molecule has 0 spiro atoms. The van der Waals surface area contributed by atoms with Crippen LogP contribution in [0.2, 0.25) is 0 Å². The number of nitrogens with one attached hydrogen (secondary N) is 2. The van der Waals surface area contributed by atoms with Gasteiger partial charge in [-0.2, -0.15) is 17.8 Å². The Morgan fingerprint density at radius 2 is 1.97 bits per heavy atom. The Bertz CT molecular complexity index is 1390. The first-order valence-electron chi connectivity index (χ1n) is 7.66. The van der Waals surface area contributed by atoms with E-state index in [4.69, 9.17) is 5.73 Å². The van der Waals surface area contributed by atoms with Gasteiger partial charge >= 0.3 is 18.0 Å². The second-order valence-corrected chi connectivity index (χ2v) is 7.61. The number of amides is 1. The van der Waals surface area contributed by atoms with Crippen molar-refractivity contribution in [3.05, 3.63) is 51.1 Å².